The molecule has 0 saturated heterocycles. The van der Waals surface area contributed by atoms with Gasteiger partial charge in [-0.3, -0.25) is 0 Å². The lowest BCUT2D eigenvalue weighted by atomic mass is 10.1. The molecule has 85 heavy (non-hydrogen) atoms. The molecule has 0 aliphatic heterocycles. The van der Waals surface area contributed by atoms with Gasteiger partial charge in [-0.05, 0) is 75.3 Å². The maximum atomic E-state index is 5.06. The fraction of sp³-hybridized carbons (Fsp3) is 0.687. The van der Waals surface area contributed by atoms with E-state index >= 15 is 0 Å². The van der Waals surface area contributed by atoms with Crippen molar-refractivity contribution >= 4 is 53.5 Å². The first-order valence-electron chi connectivity index (χ1n) is 34.0. The first-order chi connectivity index (χ1) is 41.9. The minimum atomic E-state index is 0.629. The zero-order chi connectivity index (χ0) is 60.0. The Morgan fingerprint density at radius 1 is 0.247 bits per heavy atom. The Morgan fingerprint density at radius 2 is 0.471 bits per heavy atom. The third kappa shape index (κ3) is 30.0. The lowest BCUT2D eigenvalue weighted by molar-refractivity contribution is 0.576. The van der Waals surface area contributed by atoms with Gasteiger partial charge in [-0.25, -0.2) is 0 Å². The highest BCUT2D eigenvalue weighted by atomic mass is 15.3. The standard InChI is InChI=1S/C67H114N18/c1-7-13-45-68-59-74-61(79-65(77-59)83(51-15-9-3)52-16-10-4)70-47-37-27-23-19-21-25-29-39-49-72-63-76-64(82-67(81-63)85(55-57-41-33-31-34-42-57)56-58-43-35-32-36-44-58)73-50-40-30-26-22-20-24-28-38-48-71-62-75-60(69-46-14-8-2)78-66(80-62)84(53-17-11-5)54-18-12-6/h31-36,41-44H,7-30,37-40,45-56H2,1-6H3,(H2,68,70,74,77,79)(H2,69,71,75,78,80)(H2,72,73,76,81,82). The van der Waals surface area contributed by atoms with Crippen molar-refractivity contribution in [2.75, 3.05) is 112 Å². The van der Waals surface area contributed by atoms with Gasteiger partial charge in [-0.15, -0.1) is 0 Å². The summed E-state index contributed by atoms with van der Waals surface area (Å²) in [7, 11) is 0. The summed E-state index contributed by atoms with van der Waals surface area (Å²) in [5, 5.41) is 21.2. The summed E-state index contributed by atoms with van der Waals surface area (Å²) in [5.74, 6) is 6.23. The second kappa shape index (κ2) is 45.1. The fourth-order valence-corrected chi connectivity index (χ4v) is 9.99. The monoisotopic (exact) mass is 1170 g/mol. The number of aromatic nitrogens is 9. The molecule has 0 amide bonds. The Balaban J connectivity index is 1.04. The topological polar surface area (TPSA) is 198 Å². The molecule has 0 unspecified atom stereocenters. The van der Waals surface area contributed by atoms with E-state index < -0.39 is 0 Å². The molecule has 0 fully saturated rings. The summed E-state index contributed by atoms with van der Waals surface area (Å²) >= 11 is 0. The van der Waals surface area contributed by atoms with Crippen molar-refractivity contribution in [1.82, 2.24) is 44.9 Å². The number of hydrogen-bond acceptors (Lipinski definition) is 18. The zero-order valence-corrected chi connectivity index (χ0v) is 53.9. The van der Waals surface area contributed by atoms with E-state index in [0.717, 1.165) is 180 Å². The lowest BCUT2D eigenvalue weighted by Gasteiger charge is -2.24. The van der Waals surface area contributed by atoms with E-state index in [0.29, 0.717) is 54.7 Å². The highest BCUT2D eigenvalue weighted by Gasteiger charge is 2.18. The van der Waals surface area contributed by atoms with E-state index in [1.807, 2.05) is 0 Å². The molecule has 18 heteroatoms. The predicted molar refractivity (Wildman–Crippen MR) is 361 cm³/mol. The van der Waals surface area contributed by atoms with Gasteiger partial charge in [0.15, 0.2) is 0 Å². The number of rotatable bonds is 53. The Bertz CT molecular complexity index is 2240. The number of anilines is 9. The molecule has 6 N–H and O–H groups in total. The summed E-state index contributed by atoms with van der Waals surface area (Å²) in [5.41, 5.74) is 2.43. The van der Waals surface area contributed by atoms with Crippen LogP contribution in [0.4, 0.5) is 53.5 Å². The third-order valence-electron chi connectivity index (χ3n) is 15.2. The Kier molecular flexibility index (Phi) is 36.8. The van der Waals surface area contributed by atoms with Gasteiger partial charge < -0.3 is 46.6 Å². The molecule has 0 aliphatic carbocycles. The molecular weight excluding hydrogens is 1060 g/mol. The van der Waals surface area contributed by atoms with Crippen LogP contribution in [0.25, 0.3) is 0 Å². The molecule has 0 saturated carbocycles. The van der Waals surface area contributed by atoms with Crippen LogP contribution in [0.5, 0.6) is 0 Å². The molecule has 0 bridgehead atoms. The van der Waals surface area contributed by atoms with Gasteiger partial charge in [-0.2, -0.15) is 44.9 Å². The van der Waals surface area contributed by atoms with E-state index in [1.165, 1.54) is 88.2 Å². The summed E-state index contributed by atoms with van der Waals surface area (Å²) in [6.45, 7) is 23.8. The molecular formula is C67H114N18. The van der Waals surface area contributed by atoms with Crippen molar-refractivity contribution in [2.24, 2.45) is 0 Å². The quantitative estimate of drug-likeness (QED) is 0.0201. The van der Waals surface area contributed by atoms with Gasteiger partial charge in [-0.1, -0.05) is 218 Å². The first-order valence-corrected chi connectivity index (χ1v) is 34.0. The molecule has 0 radical (unpaired) electrons. The first kappa shape index (κ1) is 69.4. The maximum absolute atomic E-state index is 5.06. The zero-order valence-electron chi connectivity index (χ0n) is 53.9. The molecule has 5 aromatic rings. The van der Waals surface area contributed by atoms with E-state index in [4.69, 9.17) is 44.9 Å². The second-order valence-corrected chi connectivity index (χ2v) is 23.0. The predicted octanol–water partition coefficient (Wildman–Crippen LogP) is 16.0. The van der Waals surface area contributed by atoms with Crippen LogP contribution < -0.4 is 46.6 Å². The van der Waals surface area contributed by atoms with Crippen LogP contribution in [-0.2, 0) is 13.1 Å². The average Bonchev–Trinajstić information content (AvgIpc) is 3.51. The van der Waals surface area contributed by atoms with E-state index in [1.54, 1.807) is 0 Å². The molecule has 3 heterocycles. The summed E-state index contributed by atoms with van der Waals surface area (Å²) in [4.78, 5) is 51.0. The maximum Gasteiger partial charge on any atom is 0.232 e. The van der Waals surface area contributed by atoms with Crippen LogP contribution in [0.2, 0.25) is 0 Å². The van der Waals surface area contributed by atoms with Gasteiger partial charge in [0.1, 0.15) is 0 Å². The van der Waals surface area contributed by atoms with Crippen molar-refractivity contribution in [3.8, 4) is 0 Å². The van der Waals surface area contributed by atoms with Gasteiger partial charge in [0.25, 0.3) is 0 Å². The third-order valence-corrected chi connectivity index (χ3v) is 15.2. The molecule has 0 spiro atoms. The molecule has 0 atom stereocenters. The Morgan fingerprint density at radius 3 is 0.718 bits per heavy atom. The van der Waals surface area contributed by atoms with Gasteiger partial charge in [0.05, 0.1) is 0 Å². The number of unbranched alkanes of at least 4 members (excludes halogenated alkanes) is 20. The number of nitrogens with one attached hydrogen (secondary N) is 6. The minimum absolute atomic E-state index is 0.629. The molecule has 5 rings (SSSR count). The summed E-state index contributed by atoms with van der Waals surface area (Å²) in [6, 6.07) is 21.2. The number of hydrogen-bond donors (Lipinski definition) is 6. The van der Waals surface area contributed by atoms with Crippen LogP contribution in [0.15, 0.2) is 60.7 Å². The largest absolute Gasteiger partial charge is 0.354 e. The molecule has 0 aliphatic rings. The summed E-state index contributed by atoms with van der Waals surface area (Å²) in [6.07, 6.45) is 32.6. The van der Waals surface area contributed by atoms with Crippen molar-refractivity contribution in [2.45, 2.75) is 234 Å². The highest BCUT2D eigenvalue weighted by Crippen LogP contribution is 2.22. The van der Waals surface area contributed by atoms with Crippen LogP contribution in [0, 0.1) is 0 Å². The Labute approximate surface area is 514 Å². The number of benzene rings is 2. The van der Waals surface area contributed by atoms with Crippen molar-refractivity contribution in [3.05, 3.63) is 71.8 Å². The molecule has 18 nitrogen and oxygen atoms in total. The molecule has 3 aromatic heterocycles. The van der Waals surface area contributed by atoms with Crippen molar-refractivity contribution in [3.63, 3.8) is 0 Å². The van der Waals surface area contributed by atoms with Gasteiger partial charge >= 0.3 is 0 Å². The minimum Gasteiger partial charge on any atom is -0.354 e. The van der Waals surface area contributed by atoms with E-state index in [-0.39, 0.29) is 0 Å². The molecule has 472 valence electrons. The van der Waals surface area contributed by atoms with E-state index in [9.17, 15) is 0 Å². The van der Waals surface area contributed by atoms with Crippen molar-refractivity contribution < 1.29 is 0 Å². The van der Waals surface area contributed by atoms with Crippen LogP contribution in [-0.4, -0.2) is 110 Å². The average molecular weight is 1170 g/mol. The van der Waals surface area contributed by atoms with Crippen LogP contribution >= 0.6 is 0 Å². The lowest BCUT2D eigenvalue weighted by Crippen LogP contribution is -2.28. The van der Waals surface area contributed by atoms with Crippen LogP contribution in [0.1, 0.15) is 232 Å². The molecule has 2 aromatic carbocycles. The van der Waals surface area contributed by atoms with Gasteiger partial charge in [0.2, 0.25) is 53.5 Å². The van der Waals surface area contributed by atoms with Gasteiger partial charge in [0, 0.05) is 78.5 Å². The Hall–Kier alpha value is -6.33. The SMILES string of the molecule is CCCCNc1nc(NCCCCCCCCCCNc2nc(NCCCCCCCCCCNc3nc(NCCCC)nc(N(CCCC)CCCC)n3)nc(N(Cc3ccccc3)Cc3ccccc3)n2)nc(N(CCCC)CCCC)n1. The van der Waals surface area contributed by atoms with Crippen molar-refractivity contribution in [1.29, 1.82) is 0 Å². The summed E-state index contributed by atoms with van der Waals surface area (Å²) < 4.78 is 0. The normalized spacial score (nSPS) is 11.2. The smallest absolute Gasteiger partial charge is 0.232 e. The second-order valence-electron chi connectivity index (χ2n) is 23.0. The fourth-order valence-electron chi connectivity index (χ4n) is 9.99. The van der Waals surface area contributed by atoms with E-state index in [2.05, 4.69) is 149 Å². The number of nitrogens with zero attached hydrogens (tertiary/aromatic N) is 12. The highest BCUT2D eigenvalue weighted by molar-refractivity contribution is 5.47. The van der Waals surface area contributed by atoms with Crippen LogP contribution in [0.3, 0.4) is 0 Å².